The van der Waals surface area contributed by atoms with Gasteiger partial charge in [0.2, 0.25) is 0 Å². The summed E-state index contributed by atoms with van der Waals surface area (Å²) in [5.41, 5.74) is 1.26. The Labute approximate surface area is 117 Å². The van der Waals surface area contributed by atoms with Gasteiger partial charge in [-0.1, -0.05) is 13.8 Å². The molecule has 0 radical (unpaired) electrons. The fourth-order valence-electron chi connectivity index (χ4n) is 2.17. The van der Waals surface area contributed by atoms with Crippen LogP contribution in [0.25, 0.3) is 0 Å². The SMILES string of the molecule is CCCNCc1ccoc1CN(CC)C(C)COC. The van der Waals surface area contributed by atoms with Crippen molar-refractivity contribution < 1.29 is 9.15 Å². The van der Waals surface area contributed by atoms with E-state index in [1.165, 1.54) is 5.56 Å². The van der Waals surface area contributed by atoms with Crippen LogP contribution in [-0.4, -0.2) is 37.7 Å². The molecule has 0 fully saturated rings. The monoisotopic (exact) mass is 268 g/mol. The number of hydrogen-bond donors (Lipinski definition) is 1. The average Bonchev–Trinajstić information content (AvgIpc) is 2.84. The second-order valence-electron chi connectivity index (χ2n) is 4.91. The van der Waals surface area contributed by atoms with Crippen LogP contribution >= 0.6 is 0 Å². The Hall–Kier alpha value is -0.840. The number of hydrogen-bond acceptors (Lipinski definition) is 4. The lowest BCUT2D eigenvalue weighted by atomic mass is 10.2. The van der Waals surface area contributed by atoms with Crippen LogP contribution in [0, 0.1) is 0 Å². The van der Waals surface area contributed by atoms with Gasteiger partial charge in [0.15, 0.2) is 0 Å². The van der Waals surface area contributed by atoms with Crippen molar-refractivity contribution in [1.29, 1.82) is 0 Å². The highest BCUT2D eigenvalue weighted by molar-refractivity contribution is 5.16. The molecule has 0 saturated heterocycles. The minimum atomic E-state index is 0.400. The third kappa shape index (κ3) is 5.35. The van der Waals surface area contributed by atoms with Gasteiger partial charge in [-0.2, -0.15) is 0 Å². The molecule has 1 N–H and O–H groups in total. The highest BCUT2D eigenvalue weighted by atomic mass is 16.5. The van der Waals surface area contributed by atoms with Crippen molar-refractivity contribution in [1.82, 2.24) is 10.2 Å². The van der Waals surface area contributed by atoms with E-state index in [1.807, 2.05) is 0 Å². The van der Waals surface area contributed by atoms with E-state index in [-0.39, 0.29) is 0 Å². The van der Waals surface area contributed by atoms with Crippen molar-refractivity contribution >= 4 is 0 Å². The first-order valence-electron chi connectivity index (χ1n) is 7.21. The molecular formula is C15H28N2O2. The zero-order valence-electron chi connectivity index (χ0n) is 12.7. The van der Waals surface area contributed by atoms with Crippen molar-refractivity contribution in [3.63, 3.8) is 0 Å². The molecule has 1 heterocycles. The first-order chi connectivity index (χ1) is 9.22. The minimum Gasteiger partial charge on any atom is -0.468 e. The smallest absolute Gasteiger partial charge is 0.122 e. The van der Waals surface area contributed by atoms with Gasteiger partial charge in [0.1, 0.15) is 5.76 Å². The van der Waals surface area contributed by atoms with Gasteiger partial charge in [-0.25, -0.2) is 0 Å². The fourth-order valence-corrected chi connectivity index (χ4v) is 2.17. The molecule has 4 heteroatoms. The molecule has 4 nitrogen and oxygen atoms in total. The first-order valence-corrected chi connectivity index (χ1v) is 7.21. The molecule has 1 unspecified atom stereocenters. The summed E-state index contributed by atoms with van der Waals surface area (Å²) in [5, 5.41) is 3.42. The maximum absolute atomic E-state index is 5.63. The predicted molar refractivity (Wildman–Crippen MR) is 78.1 cm³/mol. The summed E-state index contributed by atoms with van der Waals surface area (Å²) >= 11 is 0. The fraction of sp³-hybridized carbons (Fsp3) is 0.733. The lowest BCUT2D eigenvalue weighted by Gasteiger charge is -2.26. The highest BCUT2D eigenvalue weighted by Gasteiger charge is 2.16. The zero-order valence-corrected chi connectivity index (χ0v) is 12.7. The Bertz CT molecular complexity index is 339. The summed E-state index contributed by atoms with van der Waals surface area (Å²) in [4.78, 5) is 2.37. The van der Waals surface area contributed by atoms with Gasteiger partial charge in [0.05, 0.1) is 19.4 Å². The molecule has 1 aromatic heterocycles. The third-order valence-electron chi connectivity index (χ3n) is 3.36. The quantitative estimate of drug-likeness (QED) is 0.662. The molecule has 1 rings (SSSR count). The van der Waals surface area contributed by atoms with Gasteiger partial charge in [0, 0.05) is 25.3 Å². The third-order valence-corrected chi connectivity index (χ3v) is 3.36. The molecule has 0 aliphatic rings. The van der Waals surface area contributed by atoms with E-state index in [1.54, 1.807) is 13.4 Å². The molecule has 1 atom stereocenters. The van der Waals surface area contributed by atoms with E-state index in [0.29, 0.717) is 6.04 Å². The molecule has 0 aromatic carbocycles. The largest absolute Gasteiger partial charge is 0.468 e. The van der Waals surface area contributed by atoms with Crippen molar-refractivity contribution in [2.45, 2.75) is 46.3 Å². The molecule has 0 bridgehead atoms. The lowest BCUT2D eigenvalue weighted by molar-refractivity contribution is 0.0933. The van der Waals surface area contributed by atoms with Crippen LogP contribution < -0.4 is 5.32 Å². The summed E-state index contributed by atoms with van der Waals surface area (Å²) in [5.74, 6) is 1.06. The van der Waals surface area contributed by atoms with Crippen LogP contribution in [0.1, 0.15) is 38.5 Å². The molecule has 19 heavy (non-hydrogen) atoms. The van der Waals surface area contributed by atoms with Crippen molar-refractivity contribution in [2.75, 3.05) is 26.8 Å². The van der Waals surface area contributed by atoms with Crippen molar-refractivity contribution in [3.8, 4) is 0 Å². The van der Waals surface area contributed by atoms with Crippen LogP contribution in [0.3, 0.4) is 0 Å². The maximum atomic E-state index is 5.63. The molecule has 110 valence electrons. The molecule has 0 amide bonds. The minimum absolute atomic E-state index is 0.400. The molecule has 1 aromatic rings. The Kier molecular flexibility index (Phi) is 7.79. The summed E-state index contributed by atoms with van der Waals surface area (Å²) in [7, 11) is 1.75. The van der Waals surface area contributed by atoms with Crippen LogP contribution in [-0.2, 0) is 17.8 Å². The highest BCUT2D eigenvalue weighted by Crippen LogP contribution is 2.15. The summed E-state index contributed by atoms with van der Waals surface area (Å²) in [6, 6.07) is 2.46. The van der Waals surface area contributed by atoms with E-state index < -0.39 is 0 Å². The van der Waals surface area contributed by atoms with Gasteiger partial charge < -0.3 is 14.5 Å². The van der Waals surface area contributed by atoms with Gasteiger partial charge >= 0.3 is 0 Å². The van der Waals surface area contributed by atoms with Gasteiger partial charge in [-0.15, -0.1) is 0 Å². The van der Waals surface area contributed by atoms with Crippen LogP contribution in [0.4, 0.5) is 0 Å². The van der Waals surface area contributed by atoms with E-state index in [9.17, 15) is 0 Å². The predicted octanol–water partition coefficient (Wildman–Crippen LogP) is 2.64. The first kappa shape index (κ1) is 16.2. The van der Waals surface area contributed by atoms with Gasteiger partial charge in [-0.05, 0) is 32.5 Å². The molecule has 0 aliphatic carbocycles. The van der Waals surface area contributed by atoms with E-state index in [0.717, 1.165) is 45.0 Å². The van der Waals surface area contributed by atoms with E-state index in [4.69, 9.17) is 9.15 Å². The van der Waals surface area contributed by atoms with Crippen LogP contribution in [0.2, 0.25) is 0 Å². The number of ether oxygens (including phenoxy) is 1. The Balaban J connectivity index is 2.56. The standard InChI is InChI=1S/C15H28N2O2/c1-5-8-16-10-14-7-9-19-15(14)11-17(6-2)13(3)12-18-4/h7,9,13,16H,5-6,8,10-12H2,1-4H3. The lowest BCUT2D eigenvalue weighted by Crippen LogP contribution is -2.35. The maximum Gasteiger partial charge on any atom is 0.122 e. The Morgan fingerprint density at radius 1 is 1.42 bits per heavy atom. The molecule has 0 saturated carbocycles. The van der Waals surface area contributed by atoms with Crippen LogP contribution in [0.15, 0.2) is 16.7 Å². The van der Waals surface area contributed by atoms with E-state index in [2.05, 4.69) is 37.1 Å². The summed E-state index contributed by atoms with van der Waals surface area (Å²) in [6.07, 6.45) is 2.94. The topological polar surface area (TPSA) is 37.6 Å². The van der Waals surface area contributed by atoms with Gasteiger partial charge in [0.25, 0.3) is 0 Å². The number of methoxy groups -OCH3 is 1. The van der Waals surface area contributed by atoms with Gasteiger partial charge in [-0.3, -0.25) is 4.90 Å². The van der Waals surface area contributed by atoms with Crippen molar-refractivity contribution in [2.24, 2.45) is 0 Å². The average molecular weight is 268 g/mol. The Morgan fingerprint density at radius 2 is 2.21 bits per heavy atom. The molecule has 0 spiro atoms. The second-order valence-corrected chi connectivity index (χ2v) is 4.91. The number of furan rings is 1. The van der Waals surface area contributed by atoms with Crippen LogP contribution in [0.5, 0.6) is 0 Å². The summed E-state index contributed by atoms with van der Waals surface area (Å²) in [6.45, 7) is 11.0. The zero-order chi connectivity index (χ0) is 14.1. The normalized spacial score (nSPS) is 13.1. The van der Waals surface area contributed by atoms with E-state index >= 15 is 0 Å². The number of rotatable bonds is 10. The number of nitrogens with one attached hydrogen (secondary N) is 1. The van der Waals surface area contributed by atoms with Crippen molar-refractivity contribution in [3.05, 3.63) is 23.7 Å². The Morgan fingerprint density at radius 3 is 2.84 bits per heavy atom. The number of nitrogens with zero attached hydrogens (tertiary/aromatic N) is 1. The molecule has 0 aliphatic heterocycles. The molecular weight excluding hydrogens is 240 g/mol. The summed E-state index contributed by atoms with van der Waals surface area (Å²) < 4.78 is 10.9. The second kappa shape index (κ2) is 9.13. The number of likely N-dealkylation sites (N-methyl/N-ethyl adjacent to an activating group) is 1.